The third-order valence-electron chi connectivity index (χ3n) is 8.57. The van der Waals surface area contributed by atoms with Crippen molar-refractivity contribution in [3.05, 3.63) is 0 Å². The predicted octanol–water partition coefficient (Wildman–Crippen LogP) is 8.96. The average Bonchev–Trinajstić information content (AvgIpc) is 2.98. The molecular formula is C36H76N4O. The van der Waals surface area contributed by atoms with Gasteiger partial charge in [0.2, 0.25) is 6.41 Å². The maximum Gasteiger partial charge on any atom is 0.207 e. The molecule has 0 heterocycles. The molecule has 0 unspecified atom stereocenters. The molecule has 0 aromatic carbocycles. The number of nitrogens with zero attached hydrogens (tertiary/aromatic N) is 2. The van der Waals surface area contributed by atoms with Crippen molar-refractivity contribution in [3.63, 3.8) is 0 Å². The lowest BCUT2D eigenvalue weighted by Crippen LogP contribution is -2.37. The summed E-state index contributed by atoms with van der Waals surface area (Å²) >= 11 is 0. The highest BCUT2D eigenvalue weighted by molar-refractivity contribution is 5.45. The molecule has 246 valence electrons. The van der Waals surface area contributed by atoms with Gasteiger partial charge in [-0.15, -0.1) is 0 Å². The molecule has 0 aromatic heterocycles. The first-order valence-corrected chi connectivity index (χ1v) is 18.6. The topological polar surface area (TPSA) is 47.6 Å². The van der Waals surface area contributed by atoms with E-state index in [0.29, 0.717) is 0 Å². The number of hydrogen-bond acceptors (Lipinski definition) is 4. The van der Waals surface area contributed by atoms with Gasteiger partial charge in [0.25, 0.3) is 0 Å². The van der Waals surface area contributed by atoms with Crippen LogP contribution in [-0.4, -0.2) is 75.1 Å². The summed E-state index contributed by atoms with van der Waals surface area (Å²) in [5, 5.41) is 6.19. The van der Waals surface area contributed by atoms with Crippen LogP contribution in [0.2, 0.25) is 0 Å². The molecule has 0 fully saturated rings. The van der Waals surface area contributed by atoms with Crippen molar-refractivity contribution in [2.75, 3.05) is 58.9 Å². The molecule has 0 spiro atoms. The molecular weight excluding hydrogens is 504 g/mol. The maximum atomic E-state index is 10.4. The van der Waals surface area contributed by atoms with Gasteiger partial charge < -0.3 is 20.4 Å². The third kappa shape index (κ3) is 32.1. The van der Waals surface area contributed by atoms with Crippen molar-refractivity contribution in [1.82, 2.24) is 20.4 Å². The fourth-order valence-corrected chi connectivity index (χ4v) is 5.76. The van der Waals surface area contributed by atoms with Gasteiger partial charge in [0, 0.05) is 26.2 Å². The van der Waals surface area contributed by atoms with Crippen LogP contribution in [0.5, 0.6) is 0 Å². The Kier molecular flexibility index (Phi) is 35.0. The Hall–Kier alpha value is -0.650. The van der Waals surface area contributed by atoms with Crippen LogP contribution < -0.4 is 10.6 Å². The van der Waals surface area contributed by atoms with E-state index < -0.39 is 0 Å². The van der Waals surface area contributed by atoms with E-state index in [2.05, 4.69) is 41.2 Å². The van der Waals surface area contributed by atoms with Gasteiger partial charge in [0.1, 0.15) is 0 Å². The molecule has 41 heavy (non-hydrogen) atoms. The largest absolute Gasteiger partial charge is 0.357 e. The van der Waals surface area contributed by atoms with E-state index in [1.807, 2.05) is 0 Å². The highest BCUT2D eigenvalue weighted by Gasteiger charge is 2.10. The molecule has 0 atom stereocenters. The molecule has 2 N–H and O–H groups in total. The van der Waals surface area contributed by atoms with E-state index in [0.717, 1.165) is 26.0 Å². The lowest BCUT2D eigenvalue weighted by molar-refractivity contribution is -0.109. The Bertz CT molecular complexity index is 472. The summed E-state index contributed by atoms with van der Waals surface area (Å²) in [6.07, 6.45) is 32.7. The number of nitrogens with one attached hydrogen (secondary N) is 2. The zero-order valence-corrected chi connectivity index (χ0v) is 28.5. The first-order chi connectivity index (χ1) is 20.3. The standard InChI is InChI=1S/C36H76N4O/c1-4-7-10-13-16-19-23-30-39(31-24-20-17-14-11-8-5-2)34-35-40(32-25-21-18-15-12-9-6-3)33-26-22-27-37-28-29-38-36-41/h36-37H,4-35H2,1-3H3,(H,38,41). The molecule has 5 nitrogen and oxygen atoms in total. The summed E-state index contributed by atoms with van der Waals surface area (Å²) in [5.41, 5.74) is 0. The number of hydrogen-bond donors (Lipinski definition) is 2. The number of amides is 1. The summed E-state index contributed by atoms with van der Waals surface area (Å²) < 4.78 is 0. The van der Waals surface area contributed by atoms with Crippen molar-refractivity contribution >= 4 is 6.41 Å². The quantitative estimate of drug-likeness (QED) is 0.0573. The summed E-state index contributed by atoms with van der Waals surface area (Å²) in [7, 11) is 0. The highest BCUT2D eigenvalue weighted by atomic mass is 16.1. The molecule has 0 aliphatic carbocycles. The van der Waals surface area contributed by atoms with Crippen molar-refractivity contribution in [2.24, 2.45) is 0 Å². The molecule has 5 heteroatoms. The number of unbranched alkanes of at least 4 members (excludes halogenated alkanes) is 19. The summed E-state index contributed by atoms with van der Waals surface area (Å²) in [5.74, 6) is 0. The van der Waals surface area contributed by atoms with E-state index in [4.69, 9.17) is 0 Å². The van der Waals surface area contributed by atoms with Gasteiger partial charge in [-0.05, 0) is 64.8 Å². The average molecular weight is 581 g/mol. The molecule has 0 aromatic rings. The van der Waals surface area contributed by atoms with E-state index in [1.54, 1.807) is 0 Å². The first-order valence-electron chi connectivity index (χ1n) is 18.6. The lowest BCUT2D eigenvalue weighted by atomic mass is 10.1. The summed E-state index contributed by atoms with van der Waals surface area (Å²) in [6, 6.07) is 0. The van der Waals surface area contributed by atoms with Crippen molar-refractivity contribution in [3.8, 4) is 0 Å². The molecule has 0 rings (SSSR count). The third-order valence-corrected chi connectivity index (χ3v) is 8.57. The van der Waals surface area contributed by atoms with E-state index >= 15 is 0 Å². The minimum absolute atomic E-state index is 0.723. The Labute approximate surface area is 258 Å². The van der Waals surface area contributed by atoms with Crippen LogP contribution in [0.4, 0.5) is 0 Å². The van der Waals surface area contributed by atoms with Gasteiger partial charge in [-0.3, -0.25) is 4.79 Å². The highest BCUT2D eigenvalue weighted by Crippen LogP contribution is 2.12. The molecule has 1 amide bonds. The summed E-state index contributed by atoms with van der Waals surface area (Å²) in [4.78, 5) is 16.0. The van der Waals surface area contributed by atoms with Crippen LogP contribution in [0.15, 0.2) is 0 Å². The van der Waals surface area contributed by atoms with Gasteiger partial charge in [-0.2, -0.15) is 0 Å². The zero-order valence-electron chi connectivity index (χ0n) is 28.5. The van der Waals surface area contributed by atoms with E-state index in [9.17, 15) is 4.79 Å². The normalized spacial score (nSPS) is 11.6. The van der Waals surface area contributed by atoms with Gasteiger partial charge in [-0.25, -0.2) is 0 Å². The van der Waals surface area contributed by atoms with E-state index in [1.165, 1.54) is 187 Å². The molecule has 0 aliphatic rings. The van der Waals surface area contributed by atoms with Crippen LogP contribution in [0, 0.1) is 0 Å². The molecule has 0 bridgehead atoms. The Morgan fingerprint density at radius 3 is 1.10 bits per heavy atom. The van der Waals surface area contributed by atoms with Crippen LogP contribution >= 0.6 is 0 Å². The fraction of sp³-hybridized carbons (Fsp3) is 0.972. The van der Waals surface area contributed by atoms with Crippen LogP contribution in [-0.2, 0) is 4.79 Å². The molecule has 0 saturated carbocycles. The Morgan fingerprint density at radius 1 is 0.390 bits per heavy atom. The molecule has 0 saturated heterocycles. The van der Waals surface area contributed by atoms with Crippen molar-refractivity contribution in [2.45, 2.75) is 168 Å². The van der Waals surface area contributed by atoms with Crippen LogP contribution in [0.3, 0.4) is 0 Å². The minimum atomic E-state index is 0.723. The maximum absolute atomic E-state index is 10.4. The lowest BCUT2D eigenvalue weighted by Gasteiger charge is -2.28. The Balaban J connectivity index is 4.58. The second-order valence-electron chi connectivity index (χ2n) is 12.6. The van der Waals surface area contributed by atoms with Gasteiger partial charge in [0.05, 0.1) is 0 Å². The predicted molar refractivity (Wildman–Crippen MR) is 183 cm³/mol. The van der Waals surface area contributed by atoms with Gasteiger partial charge >= 0.3 is 0 Å². The Morgan fingerprint density at radius 2 is 0.732 bits per heavy atom. The van der Waals surface area contributed by atoms with Crippen molar-refractivity contribution in [1.29, 1.82) is 0 Å². The number of carbonyl (C=O) groups is 1. The van der Waals surface area contributed by atoms with Crippen LogP contribution in [0.1, 0.15) is 168 Å². The van der Waals surface area contributed by atoms with Gasteiger partial charge in [0.15, 0.2) is 0 Å². The minimum Gasteiger partial charge on any atom is -0.357 e. The molecule has 0 radical (unpaired) electrons. The first kappa shape index (κ1) is 40.4. The van der Waals surface area contributed by atoms with Crippen molar-refractivity contribution < 1.29 is 4.79 Å². The number of carbonyl (C=O) groups excluding carboxylic acids is 1. The second kappa shape index (κ2) is 35.5. The van der Waals surface area contributed by atoms with Crippen LogP contribution in [0.25, 0.3) is 0 Å². The monoisotopic (exact) mass is 581 g/mol. The summed E-state index contributed by atoms with van der Waals surface area (Å²) in [6.45, 7) is 17.2. The zero-order chi connectivity index (χ0) is 29.9. The van der Waals surface area contributed by atoms with Gasteiger partial charge in [-0.1, -0.05) is 136 Å². The number of rotatable bonds is 36. The fourth-order valence-electron chi connectivity index (χ4n) is 5.76. The smallest absolute Gasteiger partial charge is 0.207 e. The SMILES string of the molecule is CCCCCCCCCN(CCCCCCCCC)CCN(CCCCCCCCC)CCCCNCCNC=O. The molecule has 0 aliphatic heterocycles. The van der Waals surface area contributed by atoms with E-state index in [-0.39, 0.29) is 0 Å². The second-order valence-corrected chi connectivity index (χ2v) is 12.6.